The first-order chi connectivity index (χ1) is 13.9. The van der Waals surface area contributed by atoms with Gasteiger partial charge in [-0.05, 0) is 35.4 Å². The van der Waals surface area contributed by atoms with Gasteiger partial charge in [0.05, 0.1) is 28.8 Å². The van der Waals surface area contributed by atoms with E-state index < -0.39 is 11.6 Å². The Hall–Kier alpha value is -2.89. The van der Waals surface area contributed by atoms with Crippen molar-refractivity contribution < 1.29 is 18.4 Å². The van der Waals surface area contributed by atoms with E-state index in [0.29, 0.717) is 31.4 Å². The van der Waals surface area contributed by atoms with E-state index in [4.69, 9.17) is 16.9 Å². The third-order valence-corrected chi connectivity index (χ3v) is 5.29. The average molecular weight is 434 g/mol. The van der Waals surface area contributed by atoms with E-state index in [2.05, 4.69) is 10.3 Å². The van der Waals surface area contributed by atoms with Crippen molar-refractivity contribution in [2.24, 2.45) is 0 Å². The number of rotatable bonds is 7. The smallest absolute Gasteiger partial charge is 0.227 e. The number of hydrogen-bond donors (Lipinski definition) is 1. The Labute approximate surface area is 173 Å². The molecule has 1 amide bonds. The summed E-state index contributed by atoms with van der Waals surface area (Å²) in [6.45, 7) is -0.137. The average Bonchev–Trinajstić information content (AvgIpc) is 3.07. The summed E-state index contributed by atoms with van der Waals surface area (Å²) in [7, 11) is 0. The van der Waals surface area contributed by atoms with Crippen LogP contribution in [0, 0.1) is 23.0 Å². The van der Waals surface area contributed by atoms with E-state index in [1.165, 1.54) is 23.5 Å². The molecule has 3 rings (SSSR count). The summed E-state index contributed by atoms with van der Waals surface area (Å²) in [6.07, 6.45) is 0.171. The molecule has 0 radical (unpaired) electrons. The molecule has 0 saturated heterocycles. The number of halogens is 3. The lowest BCUT2D eigenvalue weighted by Crippen LogP contribution is -2.30. The Kier molecular flexibility index (Phi) is 6.52. The molecule has 1 heterocycles. The minimum atomic E-state index is -0.692. The number of fused-ring (bicyclic) bond motifs is 1. The molecule has 1 N–H and O–H groups in total. The molecule has 3 aromatic rings. The standard InChI is InChI=1S/C20H14ClF2N3O2S/c21-16-6-12(11-4-13(22)8-14(23)5-11)7-17-20(16)26-19(29-17)9-18(28)25-10-15(27)2-1-3-24/h4-8H,1-2,9-10H2,(H,25,28). The van der Waals surface area contributed by atoms with Crippen LogP contribution in [-0.2, 0) is 16.0 Å². The van der Waals surface area contributed by atoms with Crippen molar-refractivity contribution in [1.82, 2.24) is 10.3 Å². The summed E-state index contributed by atoms with van der Waals surface area (Å²) in [5, 5.41) is 11.7. The number of amides is 1. The van der Waals surface area contributed by atoms with Crippen molar-refractivity contribution >= 4 is 44.8 Å². The first kappa shape index (κ1) is 20.8. The van der Waals surface area contributed by atoms with E-state index in [0.717, 1.165) is 6.07 Å². The zero-order chi connectivity index (χ0) is 21.0. The van der Waals surface area contributed by atoms with Crippen LogP contribution in [0.3, 0.4) is 0 Å². The zero-order valence-corrected chi connectivity index (χ0v) is 16.5. The fraction of sp³-hybridized carbons (Fsp3) is 0.200. The van der Waals surface area contributed by atoms with Crippen molar-refractivity contribution in [3.8, 4) is 17.2 Å². The number of nitrogens with one attached hydrogen (secondary N) is 1. The quantitative estimate of drug-likeness (QED) is 0.597. The highest BCUT2D eigenvalue weighted by atomic mass is 35.5. The maximum absolute atomic E-state index is 13.5. The van der Waals surface area contributed by atoms with Crippen molar-refractivity contribution in [2.75, 3.05) is 6.54 Å². The van der Waals surface area contributed by atoms with Gasteiger partial charge < -0.3 is 5.32 Å². The minimum absolute atomic E-state index is 0.0366. The molecule has 1 aromatic heterocycles. The zero-order valence-electron chi connectivity index (χ0n) is 15.0. The van der Waals surface area contributed by atoms with Gasteiger partial charge in [-0.2, -0.15) is 5.26 Å². The largest absolute Gasteiger partial charge is 0.349 e. The van der Waals surface area contributed by atoms with E-state index >= 15 is 0 Å². The van der Waals surface area contributed by atoms with Gasteiger partial charge in [-0.25, -0.2) is 13.8 Å². The molecule has 0 spiro atoms. The molecular formula is C20H14ClF2N3O2S. The number of thiazole rings is 1. The maximum atomic E-state index is 13.5. The van der Waals surface area contributed by atoms with Crippen LogP contribution in [0.1, 0.15) is 17.8 Å². The van der Waals surface area contributed by atoms with Gasteiger partial charge in [-0.15, -0.1) is 11.3 Å². The molecule has 0 saturated carbocycles. The van der Waals surface area contributed by atoms with Crippen LogP contribution in [0.5, 0.6) is 0 Å². The monoisotopic (exact) mass is 433 g/mol. The van der Waals surface area contributed by atoms with Gasteiger partial charge in [-0.3, -0.25) is 9.59 Å². The molecule has 0 unspecified atom stereocenters. The van der Waals surface area contributed by atoms with Gasteiger partial charge in [0, 0.05) is 18.9 Å². The van der Waals surface area contributed by atoms with Crippen molar-refractivity contribution in [2.45, 2.75) is 19.3 Å². The molecule has 2 aromatic carbocycles. The summed E-state index contributed by atoms with van der Waals surface area (Å²) in [6, 6.07) is 8.35. The molecule has 0 bridgehead atoms. The lowest BCUT2D eigenvalue weighted by molar-refractivity contribution is -0.124. The SMILES string of the molecule is N#CCCC(=O)CNC(=O)Cc1nc2c(Cl)cc(-c3cc(F)cc(F)c3)cc2s1. The van der Waals surface area contributed by atoms with Gasteiger partial charge in [0.1, 0.15) is 22.2 Å². The maximum Gasteiger partial charge on any atom is 0.227 e. The first-order valence-corrected chi connectivity index (χ1v) is 9.76. The molecule has 9 heteroatoms. The summed E-state index contributed by atoms with van der Waals surface area (Å²) in [5.41, 5.74) is 1.36. The molecule has 0 fully saturated rings. The van der Waals surface area contributed by atoms with Gasteiger partial charge >= 0.3 is 0 Å². The second kappa shape index (κ2) is 9.07. The Morgan fingerprint density at radius 2 is 1.83 bits per heavy atom. The van der Waals surface area contributed by atoms with Gasteiger partial charge in [0.2, 0.25) is 5.91 Å². The lowest BCUT2D eigenvalue weighted by atomic mass is 10.1. The Balaban J connectivity index is 1.76. The molecule has 0 aliphatic carbocycles. The Morgan fingerprint density at radius 1 is 1.14 bits per heavy atom. The van der Waals surface area contributed by atoms with E-state index in [1.54, 1.807) is 12.1 Å². The van der Waals surface area contributed by atoms with Crippen LogP contribution in [0.25, 0.3) is 21.3 Å². The van der Waals surface area contributed by atoms with Crippen LogP contribution in [0.2, 0.25) is 5.02 Å². The number of benzene rings is 2. The highest BCUT2D eigenvalue weighted by molar-refractivity contribution is 7.18. The van der Waals surface area contributed by atoms with Gasteiger partial charge in [-0.1, -0.05) is 11.6 Å². The van der Waals surface area contributed by atoms with Gasteiger partial charge in [0.15, 0.2) is 5.78 Å². The summed E-state index contributed by atoms with van der Waals surface area (Å²) >= 11 is 7.51. The number of nitriles is 1. The van der Waals surface area contributed by atoms with Crippen LogP contribution in [0.15, 0.2) is 30.3 Å². The summed E-state index contributed by atoms with van der Waals surface area (Å²) in [5.74, 6) is -1.98. The number of carbonyl (C=O) groups is 2. The second-order valence-electron chi connectivity index (χ2n) is 6.22. The van der Waals surface area contributed by atoms with Crippen molar-refractivity contribution in [3.05, 3.63) is 52.0 Å². The third kappa shape index (κ3) is 5.34. The molecule has 29 heavy (non-hydrogen) atoms. The van der Waals surface area contributed by atoms with Crippen LogP contribution in [0.4, 0.5) is 8.78 Å². The third-order valence-electron chi connectivity index (χ3n) is 4.00. The minimum Gasteiger partial charge on any atom is -0.349 e. The number of carbonyl (C=O) groups excluding carboxylic acids is 2. The Bertz CT molecular complexity index is 1120. The van der Waals surface area contributed by atoms with Crippen molar-refractivity contribution in [3.63, 3.8) is 0 Å². The van der Waals surface area contributed by atoms with Crippen LogP contribution >= 0.6 is 22.9 Å². The fourth-order valence-corrected chi connectivity index (χ4v) is 4.03. The Morgan fingerprint density at radius 3 is 2.52 bits per heavy atom. The predicted octanol–water partition coefficient (Wildman–Crippen LogP) is 4.43. The van der Waals surface area contributed by atoms with Gasteiger partial charge in [0.25, 0.3) is 0 Å². The van der Waals surface area contributed by atoms with E-state index in [1.807, 2.05) is 6.07 Å². The second-order valence-corrected chi connectivity index (χ2v) is 7.74. The number of nitrogens with zero attached hydrogens (tertiary/aromatic N) is 2. The number of ketones is 1. The highest BCUT2D eigenvalue weighted by Crippen LogP contribution is 2.34. The molecule has 0 atom stereocenters. The molecule has 0 aliphatic heterocycles. The molecular weight excluding hydrogens is 420 g/mol. The number of Topliss-reactive ketones (excluding diaryl/α,β-unsaturated/α-hetero) is 1. The van der Waals surface area contributed by atoms with Crippen LogP contribution < -0.4 is 5.32 Å². The van der Waals surface area contributed by atoms with Crippen LogP contribution in [-0.4, -0.2) is 23.2 Å². The highest BCUT2D eigenvalue weighted by Gasteiger charge is 2.14. The number of aromatic nitrogens is 1. The fourth-order valence-electron chi connectivity index (χ4n) is 2.68. The summed E-state index contributed by atoms with van der Waals surface area (Å²) in [4.78, 5) is 27.9. The summed E-state index contributed by atoms with van der Waals surface area (Å²) < 4.78 is 27.7. The predicted molar refractivity (Wildman–Crippen MR) is 107 cm³/mol. The molecule has 0 aliphatic rings. The number of hydrogen-bond acceptors (Lipinski definition) is 5. The van der Waals surface area contributed by atoms with E-state index in [-0.39, 0.29) is 37.5 Å². The van der Waals surface area contributed by atoms with Crippen molar-refractivity contribution in [1.29, 1.82) is 5.26 Å². The van der Waals surface area contributed by atoms with E-state index in [9.17, 15) is 18.4 Å². The normalized spacial score (nSPS) is 10.7. The molecule has 148 valence electrons. The first-order valence-electron chi connectivity index (χ1n) is 8.56. The molecule has 5 nitrogen and oxygen atoms in total. The lowest BCUT2D eigenvalue weighted by Gasteiger charge is -2.04. The topological polar surface area (TPSA) is 82.9 Å².